The number of carbonyl (C=O) groups excluding carboxylic acids is 2. The minimum Gasteiger partial charge on any atom is -0.371 e. The van der Waals surface area contributed by atoms with E-state index in [1.807, 2.05) is 24.3 Å². The van der Waals surface area contributed by atoms with Crippen LogP contribution < -0.4 is 10.2 Å². The summed E-state index contributed by atoms with van der Waals surface area (Å²) in [6.45, 7) is 1.64. The molecule has 0 unspecified atom stereocenters. The van der Waals surface area contributed by atoms with E-state index in [1.165, 1.54) is 0 Å². The molecule has 4 nitrogen and oxygen atoms in total. The number of nitrogens with one attached hydrogen (secondary N) is 1. The maximum Gasteiger partial charge on any atom is 0.222 e. The summed E-state index contributed by atoms with van der Waals surface area (Å²) in [6, 6.07) is 7.59. The number of benzene rings is 1. The van der Waals surface area contributed by atoms with Gasteiger partial charge in [0.2, 0.25) is 5.91 Å². The fraction of sp³-hybridized carbons (Fsp3) is 0.429. The third-order valence-corrected chi connectivity index (χ3v) is 3.52. The monoisotopic (exact) mass is 246 g/mol. The first-order valence-corrected chi connectivity index (χ1v) is 6.27. The molecule has 4 heteroatoms. The number of hydrogen-bond donors (Lipinski definition) is 1. The summed E-state index contributed by atoms with van der Waals surface area (Å²) in [6.07, 6.45) is 2.57. The van der Waals surface area contributed by atoms with Crippen LogP contribution in [0.5, 0.6) is 0 Å². The molecule has 1 aliphatic rings. The average Bonchev–Trinajstić information content (AvgIpc) is 2.46. The van der Waals surface area contributed by atoms with Crippen molar-refractivity contribution in [1.82, 2.24) is 5.32 Å². The summed E-state index contributed by atoms with van der Waals surface area (Å²) >= 11 is 0. The summed E-state index contributed by atoms with van der Waals surface area (Å²) in [4.78, 5) is 24.7. The van der Waals surface area contributed by atoms with Crippen molar-refractivity contribution in [3.8, 4) is 0 Å². The molecular weight excluding hydrogens is 228 g/mol. The lowest BCUT2D eigenvalue weighted by Crippen LogP contribution is -2.39. The summed E-state index contributed by atoms with van der Waals surface area (Å²) in [5.41, 5.74) is 1.69. The van der Waals surface area contributed by atoms with Crippen molar-refractivity contribution < 1.29 is 9.59 Å². The number of anilines is 1. The van der Waals surface area contributed by atoms with Gasteiger partial charge in [0, 0.05) is 37.3 Å². The molecule has 1 aliphatic heterocycles. The van der Waals surface area contributed by atoms with Crippen LogP contribution in [0.3, 0.4) is 0 Å². The van der Waals surface area contributed by atoms with Gasteiger partial charge in [0.1, 0.15) is 0 Å². The molecule has 0 atom stereocenters. The number of nitrogens with zero attached hydrogens (tertiary/aromatic N) is 1. The van der Waals surface area contributed by atoms with Crippen LogP contribution in [0.15, 0.2) is 24.3 Å². The summed E-state index contributed by atoms with van der Waals surface area (Å²) in [5.74, 6) is 0.230. The van der Waals surface area contributed by atoms with Gasteiger partial charge in [0.25, 0.3) is 0 Å². The van der Waals surface area contributed by atoms with E-state index >= 15 is 0 Å². The smallest absolute Gasteiger partial charge is 0.222 e. The predicted octanol–water partition coefficient (Wildman–Crippen LogP) is 1.46. The number of amides is 1. The number of hydrogen-bond acceptors (Lipinski definition) is 3. The van der Waals surface area contributed by atoms with Crippen molar-refractivity contribution in [2.24, 2.45) is 5.92 Å². The van der Waals surface area contributed by atoms with E-state index < -0.39 is 0 Å². The molecule has 1 aromatic carbocycles. The normalized spacial score (nSPS) is 16.4. The molecule has 0 aromatic heterocycles. The zero-order valence-corrected chi connectivity index (χ0v) is 10.6. The fourth-order valence-corrected chi connectivity index (χ4v) is 2.46. The molecule has 1 N–H and O–H groups in total. The van der Waals surface area contributed by atoms with Gasteiger partial charge in [-0.05, 0) is 25.0 Å². The molecule has 0 bridgehead atoms. The van der Waals surface area contributed by atoms with Crippen LogP contribution in [0.1, 0.15) is 23.2 Å². The van der Waals surface area contributed by atoms with Gasteiger partial charge in [-0.25, -0.2) is 0 Å². The minimum atomic E-state index is 0.106. The topological polar surface area (TPSA) is 49.4 Å². The van der Waals surface area contributed by atoms with E-state index in [0.29, 0.717) is 0 Å². The quantitative estimate of drug-likeness (QED) is 0.821. The molecule has 0 aliphatic carbocycles. The molecule has 0 saturated carbocycles. The third kappa shape index (κ3) is 2.53. The van der Waals surface area contributed by atoms with Gasteiger partial charge in [-0.15, -0.1) is 0 Å². The van der Waals surface area contributed by atoms with Crippen LogP contribution in [0.25, 0.3) is 0 Å². The molecule has 0 radical (unpaired) electrons. The second-order valence-corrected chi connectivity index (χ2v) is 4.55. The molecule has 1 saturated heterocycles. The van der Waals surface area contributed by atoms with Crippen molar-refractivity contribution in [3.63, 3.8) is 0 Å². The maximum atomic E-state index is 11.5. The SMILES string of the molecule is CNC(=O)C1CCN(c2ccccc2C=O)CC1. The maximum absolute atomic E-state index is 11.5. The highest BCUT2D eigenvalue weighted by molar-refractivity contribution is 5.85. The van der Waals surface area contributed by atoms with Gasteiger partial charge in [-0.1, -0.05) is 12.1 Å². The average molecular weight is 246 g/mol. The first kappa shape index (κ1) is 12.6. The Bertz CT molecular complexity index is 437. The van der Waals surface area contributed by atoms with Crippen LogP contribution in [-0.4, -0.2) is 32.3 Å². The fourth-order valence-electron chi connectivity index (χ4n) is 2.46. The second-order valence-electron chi connectivity index (χ2n) is 4.55. The van der Waals surface area contributed by atoms with Gasteiger partial charge in [0.15, 0.2) is 6.29 Å². The first-order valence-electron chi connectivity index (χ1n) is 6.27. The molecule has 18 heavy (non-hydrogen) atoms. The number of rotatable bonds is 3. The van der Waals surface area contributed by atoms with Gasteiger partial charge in [-0.2, -0.15) is 0 Å². The van der Waals surface area contributed by atoms with Gasteiger partial charge in [0.05, 0.1) is 0 Å². The number of piperidine rings is 1. The van der Waals surface area contributed by atoms with Crippen molar-refractivity contribution in [2.75, 3.05) is 25.0 Å². The summed E-state index contributed by atoms with van der Waals surface area (Å²) in [5, 5.41) is 2.70. The molecule has 2 rings (SSSR count). The van der Waals surface area contributed by atoms with E-state index in [1.54, 1.807) is 7.05 Å². The summed E-state index contributed by atoms with van der Waals surface area (Å²) < 4.78 is 0. The van der Waals surface area contributed by atoms with Crippen molar-refractivity contribution in [1.29, 1.82) is 0 Å². The standard InChI is InChI=1S/C14H18N2O2/c1-15-14(18)11-6-8-16(9-7-11)13-5-3-2-4-12(13)10-17/h2-5,10-11H,6-9H2,1H3,(H,15,18). The molecule has 0 spiro atoms. The van der Waals surface area contributed by atoms with Crippen LogP contribution >= 0.6 is 0 Å². The Balaban J connectivity index is 2.05. The van der Waals surface area contributed by atoms with E-state index in [4.69, 9.17) is 0 Å². The molecule has 96 valence electrons. The molecule has 1 heterocycles. The van der Waals surface area contributed by atoms with Crippen LogP contribution in [0.4, 0.5) is 5.69 Å². The molecular formula is C14H18N2O2. The Morgan fingerprint density at radius 2 is 2.00 bits per heavy atom. The Morgan fingerprint density at radius 3 is 2.61 bits per heavy atom. The second kappa shape index (κ2) is 5.67. The van der Waals surface area contributed by atoms with Gasteiger partial charge >= 0.3 is 0 Å². The van der Waals surface area contributed by atoms with Gasteiger partial charge in [-0.3, -0.25) is 9.59 Å². The van der Waals surface area contributed by atoms with Crippen molar-refractivity contribution >= 4 is 17.9 Å². The molecule has 1 amide bonds. The lowest BCUT2D eigenvalue weighted by Gasteiger charge is -2.33. The zero-order chi connectivity index (χ0) is 13.0. The first-order chi connectivity index (χ1) is 8.76. The van der Waals surface area contributed by atoms with Gasteiger partial charge < -0.3 is 10.2 Å². The Hall–Kier alpha value is -1.84. The third-order valence-electron chi connectivity index (χ3n) is 3.52. The lowest BCUT2D eigenvalue weighted by molar-refractivity contribution is -0.125. The number of aldehydes is 1. The lowest BCUT2D eigenvalue weighted by atomic mass is 9.95. The zero-order valence-electron chi connectivity index (χ0n) is 10.6. The highest BCUT2D eigenvalue weighted by atomic mass is 16.1. The molecule has 1 aromatic rings. The highest BCUT2D eigenvalue weighted by Crippen LogP contribution is 2.25. The van der Waals surface area contributed by atoms with Crippen molar-refractivity contribution in [3.05, 3.63) is 29.8 Å². The van der Waals surface area contributed by atoms with Crippen LogP contribution in [-0.2, 0) is 4.79 Å². The summed E-state index contributed by atoms with van der Waals surface area (Å²) in [7, 11) is 1.68. The Labute approximate surface area is 107 Å². The van der Waals surface area contributed by atoms with Crippen LogP contribution in [0, 0.1) is 5.92 Å². The van der Waals surface area contributed by atoms with E-state index in [-0.39, 0.29) is 11.8 Å². The van der Waals surface area contributed by atoms with E-state index in [9.17, 15) is 9.59 Å². The largest absolute Gasteiger partial charge is 0.371 e. The number of carbonyl (C=O) groups is 2. The van der Waals surface area contributed by atoms with Crippen molar-refractivity contribution in [2.45, 2.75) is 12.8 Å². The predicted molar refractivity (Wildman–Crippen MR) is 70.8 cm³/mol. The molecule has 1 fully saturated rings. The minimum absolute atomic E-state index is 0.106. The number of para-hydroxylation sites is 1. The highest BCUT2D eigenvalue weighted by Gasteiger charge is 2.24. The van der Waals surface area contributed by atoms with E-state index in [0.717, 1.165) is 43.5 Å². The van der Waals surface area contributed by atoms with Crippen LogP contribution in [0.2, 0.25) is 0 Å². The Morgan fingerprint density at radius 1 is 1.33 bits per heavy atom. The Kier molecular flexibility index (Phi) is 3.97. The van der Waals surface area contributed by atoms with E-state index in [2.05, 4.69) is 10.2 Å².